The minimum atomic E-state index is -1.09. The van der Waals surface area contributed by atoms with Crippen molar-refractivity contribution in [2.75, 3.05) is 24.8 Å². The first-order valence-electron chi connectivity index (χ1n) is 11.3. The Morgan fingerprint density at radius 2 is 1.89 bits per heavy atom. The standard InChI is InChI=1S/C25H21F2N3O4S/c26-17-6-5-16-20(24-15(8-12-35-24)14-3-4-14)30-13-28(9-1-2-11-34-23(16)19(17)27)25(33)21-22(32)18(31)7-10-29(21)30/h1-2,5-8,10,12,14,20,32H,3-4,9,11,13H2/b2-1-/t20-/m0/s1. The zero-order valence-corrected chi connectivity index (χ0v) is 19.3. The molecule has 3 aromatic rings. The maximum Gasteiger partial charge on any atom is 0.278 e. The number of hydrogen-bond acceptors (Lipinski definition) is 6. The number of halogens is 2. The first-order valence-corrected chi connectivity index (χ1v) is 12.2. The van der Waals surface area contributed by atoms with Crippen LogP contribution in [0.5, 0.6) is 11.5 Å². The van der Waals surface area contributed by atoms with Gasteiger partial charge in [0.2, 0.25) is 11.2 Å². The SMILES string of the molecule is O=C1c2c(O)c(=O)ccn2N2CN1C/C=C\COc1c(ccc(F)c1F)[C@H]2c1sccc1C1CC1. The van der Waals surface area contributed by atoms with E-state index in [1.807, 2.05) is 11.4 Å². The van der Waals surface area contributed by atoms with Crippen LogP contribution in [0, 0.1) is 11.6 Å². The summed E-state index contributed by atoms with van der Waals surface area (Å²) in [5.74, 6) is -3.09. The first kappa shape index (κ1) is 21.8. The average molecular weight is 498 g/mol. The van der Waals surface area contributed by atoms with E-state index in [0.29, 0.717) is 11.5 Å². The zero-order valence-electron chi connectivity index (χ0n) is 18.5. The van der Waals surface area contributed by atoms with Gasteiger partial charge in [-0.05, 0) is 54.0 Å². The molecule has 0 unspecified atom stereocenters. The molecule has 10 heteroatoms. The normalized spacial score (nSPS) is 20.5. The number of hydrogen-bond donors (Lipinski definition) is 1. The van der Waals surface area contributed by atoms with Crippen molar-refractivity contribution in [2.45, 2.75) is 24.8 Å². The summed E-state index contributed by atoms with van der Waals surface area (Å²) < 4.78 is 36.6. The van der Waals surface area contributed by atoms with Crippen LogP contribution in [-0.4, -0.2) is 40.4 Å². The number of thiophene rings is 1. The van der Waals surface area contributed by atoms with E-state index < -0.39 is 34.8 Å². The summed E-state index contributed by atoms with van der Waals surface area (Å²) in [5.41, 5.74) is 0.659. The van der Waals surface area contributed by atoms with Crippen LogP contribution in [0.1, 0.15) is 51.3 Å². The van der Waals surface area contributed by atoms with Crippen LogP contribution in [0.15, 0.2) is 52.8 Å². The molecule has 6 rings (SSSR count). The topological polar surface area (TPSA) is 75.0 Å². The van der Waals surface area contributed by atoms with Crippen molar-refractivity contribution in [3.05, 3.63) is 91.6 Å². The number of aromatic hydroxyl groups is 1. The Morgan fingerprint density at radius 1 is 1.06 bits per heavy atom. The van der Waals surface area contributed by atoms with E-state index in [1.165, 1.54) is 39.2 Å². The summed E-state index contributed by atoms with van der Waals surface area (Å²) in [6.07, 6.45) is 6.81. The van der Waals surface area contributed by atoms with E-state index in [0.717, 1.165) is 29.3 Å². The van der Waals surface area contributed by atoms with Crippen molar-refractivity contribution in [1.82, 2.24) is 9.58 Å². The van der Waals surface area contributed by atoms with Gasteiger partial charge in [0.25, 0.3) is 5.91 Å². The van der Waals surface area contributed by atoms with Crippen molar-refractivity contribution >= 4 is 17.2 Å². The molecule has 1 N–H and O–H groups in total. The largest absolute Gasteiger partial charge is 0.502 e. The Balaban J connectivity index is 1.65. The van der Waals surface area contributed by atoms with E-state index >= 15 is 4.39 Å². The lowest BCUT2D eigenvalue weighted by atomic mass is 9.98. The third-order valence-corrected chi connectivity index (χ3v) is 7.60. The van der Waals surface area contributed by atoms with Gasteiger partial charge in [0, 0.05) is 29.2 Å². The van der Waals surface area contributed by atoms with Gasteiger partial charge in [-0.2, -0.15) is 4.39 Å². The zero-order chi connectivity index (χ0) is 24.3. The molecular formula is C25H21F2N3O4S. The molecule has 4 heterocycles. The van der Waals surface area contributed by atoms with Gasteiger partial charge in [-0.25, -0.2) is 4.39 Å². The lowest BCUT2D eigenvalue weighted by Crippen LogP contribution is -2.55. The molecule has 2 aliphatic heterocycles. The van der Waals surface area contributed by atoms with Crippen LogP contribution in [-0.2, 0) is 0 Å². The van der Waals surface area contributed by atoms with Gasteiger partial charge in [0.15, 0.2) is 23.0 Å². The molecule has 1 saturated carbocycles. The van der Waals surface area contributed by atoms with Gasteiger partial charge in [-0.3, -0.25) is 19.3 Å². The Labute approximate surface area is 203 Å². The number of pyridine rings is 1. The number of benzene rings is 1. The van der Waals surface area contributed by atoms with Crippen molar-refractivity contribution in [3.8, 4) is 11.5 Å². The second-order valence-corrected chi connectivity index (χ2v) is 9.76. The molecule has 35 heavy (non-hydrogen) atoms. The highest BCUT2D eigenvalue weighted by atomic mass is 32.1. The Bertz CT molecular complexity index is 1430. The summed E-state index contributed by atoms with van der Waals surface area (Å²) in [4.78, 5) is 27.9. The molecule has 1 aliphatic carbocycles. The number of carbonyl (C=O) groups is 1. The first-order chi connectivity index (χ1) is 17.0. The van der Waals surface area contributed by atoms with Gasteiger partial charge >= 0.3 is 0 Å². The van der Waals surface area contributed by atoms with Gasteiger partial charge in [-0.15, -0.1) is 11.3 Å². The van der Waals surface area contributed by atoms with Crippen LogP contribution >= 0.6 is 11.3 Å². The van der Waals surface area contributed by atoms with E-state index in [-0.39, 0.29) is 31.3 Å². The fourth-order valence-electron chi connectivity index (χ4n) is 4.77. The Morgan fingerprint density at radius 3 is 2.69 bits per heavy atom. The smallest absolute Gasteiger partial charge is 0.278 e. The second kappa shape index (κ2) is 8.23. The van der Waals surface area contributed by atoms with Gasteiger partial charge in [0.1, 0.15) is 19.3 Å². The van der Waals surface area contributed by atoms with Crippen molar-refractivity contribution in [3.63, 3.8) is 0 Å². The quantitative estimate of drug-likeness (QED) is 0.545. The summed E-state index contributed by atoms with van der Waals surface area (Å²) in [6.45, 7) is 0.253. The van der Waals surface area contributed by atoms with Crippen LogP contribution in [0.3, 0.4) is 0 Å². The maximum absolute atomic E-state index is 15.1. The number of aromatic nitrogens is 1. The van der Waals surface area contributed by atoms with Gasteiger partial charge in [0.05, 0.1) is 0 Å². The summed E-state index contributed by atoms with van der Waals surface area (Å²) in [7, 11) is 0. The molecule has 1 aromatic carbocycles. The highest BCUT2D eigenvalue weighted by Gasteiger charge is 2.40. The van der Waals surface area contributed by atoms with Crippen LogP contribution in [0.25, 0.3) is 0 Å². The molecule has 1 fully saturated rings. The minimum Gasteiger partial charge on any atom is -0.502 e. The van der Waals surface area contributed by atoms with E-state index in [2.05, 4.69) is 0 Å². The third-order valence-electron chi connectivity index (χ3n) is 6.62. The molecule has 180 valence electrons. The highest BCUT2D eigenvalue weighted by Crippen LogP contribution is 2.49. The predicted octanol–water partition coefficient (Wildman–Crippen LogP) is 3.86. The Hall–Kier alpha value is -3.66. The number of fused-ring (bicyclic) bond motifs is 5. The lowest BCUT2D eigenvalue weighted by Gasteiger charge is -2.43. The summed E-state index contributed by atoms with van der Waals surface area (Å²) in [5, 5.41) is 14.3. The van der Waals surface area contributed by atoms with Gasteiger partial charge < -0.3 is 14.7 Å². The number of ether oxygens (including phenoxy) is 1. The van der Waals surface area contributed by atoms with Crippen LogP contribution in [0.2, 0.25) is 0 Å². The fraction of sp³-hybridized carbons (Fsp3) is 0.280. The fourth-order valence-corrected chi connectivity index (χ4v) is 5.88. The predicted molar refractivity (Wildman–Crippen MR) is 126 cm³/mol. The second-order valence-electron chi connectivity index (χ2n) is 8.81. The van der Waals surface area contributed by atoms with Crippen LogP contribution < -0.4 is 15.2 Å². The number of nitrogens with zero attached hydrogens (tertiary/aromatic N) is 3. The summed E-state index contributed by atoms with van der Waals surface area (Å²) >= 11 is 1.49. The average Bonchev–Trinajstić information content (AvgIpc) is 3.59. The molecule has 7 nitrogen and oxygen atoms in total. The third kappa shape index (κ3) is 3.51. The van der Waals surface area contributed by atoms with E-state index in [1.54, 1.807) is 17.2 Å². The van der Waals surface area contributed by atoms with Crippen LogP contribution in [0.4, 0.5) is 8.78 Å². The molecule has 1 atom stereocenters. The van der Waals surface area contributed by atoms with Crippen molar-refractivity contribution in [2.24, 2.45) is 0 Å². The number of rotatable bonds is 2. The van der Waals surface area contributed by atoms with Gasteiger partial charge in [-0.1, -0.05) is 6.08 Å². The molecule has 2 bridgehead atoms. The molecule has 3 aliphatic rings. The van der Waals surface area contributed by atoms with Crippen molar-refractivity contribution < 1.29 is 23.4 Å². The number of amides is 1. The number of carbonyl (C=O) groups excluding carboxylic acids is 1. The summed E-state index contributed by atoms with van der Waals surface area (Å²) in [6, 6.07) is 5.12. The molecular weight excluding hydrogens is 476 g/mol. The molecule has 1 amide bonds. The highest BCUT2D eigenvalue weighted by molar-refractivity contribution is 7.10. The monoisotopic (exact) mass is 497 g/mol. The molecule has 0 saturated heterocycles. The van der Waals surface area contributed by atoms with Crippen molar-refractivity contribution in [1.29, 1.82) is 0 Å². The minimum absolute atomic E-state index is 0.0158. The van der Waals surface area contributed by atoms with E-state index in [4.69, 9.17) is 4.74 Å². The Kier molecular flexibility index (Phi) is 5.14. The van der Waals surface area contributed by atoms with E-state index in [9.17, 15) is 19.1 Å². The lowest BCUT2D eigenvalue weighted by molar-refractivity contribution is 0.0701. The maximum atomic E-state index is 15.1. The molecule has 2 aromatic heterocycles. The molecule has 0 spiro atoms. The molecule has 0 radical (unpaired) electrons.